The van der Waals surface area contributed by atoms with Gasteiger partial charge in [-0.15, -0.1) is 0 Å². The summed E-state index contributed by atoms with van der Waals surface area (Å²) in [7, 11) is 0. The molecule has 2 heteroatoms. The fraction of sp³-hybridized carbons (Fsp3) is 0.900. The summed E-state index contributed by atoms with van der Waals surface area (Å²) in [6.45, 7) is 6.90. The van der Waals surface area contributed by atoms with Crippen molar-refractivity contribution in [2.45, 2.75) is 83.8 Å². The van der Waals surface area contributed by atoms with Gasteiger partial charge in [0.15, 0.2) is 0 Å². The minimum absolute atomic E-state index is 0.114. The second kappa shape index (κ2) is 4.60. The van der Waals surface area contributed by atoms with Crippen LogP contribution in [0, 0.1) is 28.6 Å². The highest BCUT2D eigenvalue weighted by Gasteiger charge is 2.61. The zero-order valence-corrected chi connectivity index (χ0v) is 14.4. The largest absolute Gasteiger partial charge is 0.393 e. The molecule has 0 spiro atoms. The number of aliphatic hydroxyl groups is 2. The molecule has 0 aromatic rings. The zero-order valence-electron chi connectivity index (χ0n) is 14.4. The molecule has 4 rings (SSSR count). The molecule has 3 saturated carbocycles. The molecule has 0 aromatic carbocycles. The van der Waals surface area contributed by atoms with Crippen LogP contribution in [-0.4, -0.2) is 21.9 Å². The van der Waals surface area contributed by atoms with Gasteiger partial charge in [-0.25, -0.2) is 0 Å². The Balaban J connectivity index is 1.69. The zero-order chi connectivity index (χ0) is 15.8. The molecule has 0 aromatic heterocycles. The van der Waals surface area contributed by atoms with Crippen LogP contribution in [0.15, 0.2) is 11.6 Å². The van der Waals surface area contributed by atoms with E-state index in [9.17, 15) is 10.2 Å². The van der Waals surface area contributed by atoms with Crippen molar-refractivity contribution in [1.29, 1.82) is 0 Å². The molecule has 2 N–H and O–H groups in total. The monoisotopic (exact) mass is 304 g/mol. The average Bonchev–Trinajstić information content (AvgIpc) is 2.70. The first-order valence-electron chi connectivity index (χ1n) is 9.38. The van der Waals surface area contributed by atoms with Crippen molar-refractivity contribution in [3.63, 3.8) is 0 Å². The summed E-state index contributed by atoms with van der Waals surface area (Å²) in [6.07, 6.45) is 11.2. The molecule has 0 bridgehead atoms. The first-order valence-corrected chi connectivity index (χ1v) is 9.38. The third-order valence-electron chi connectivity index (χ3n) is 8.64. The highest BCUT2D eigenvalue weighted by molar-refractivity contribution is 5.26. The van der Waals surface area contributed by atoms with Gasteiger partial charge in [0.25, 0.3) is 0 Å². The predicted octanol–water partition coefficient (Wildman–Crippen LogP) is 4.06. The van der Waals surface area contributed by atoms with E-state index in [2.05, 4.69) is 26.8 Å². The van der Waals surface area contributed by atoms with E-state index in [1.807, 2.05) is 0 Å². The summed E-state index contributed by atoms with van der Waals surface area (Å²) in [6, 6.07) is 0. The molecule has 0 aliphatic heterocycles. The Hall–Kier alpha value is -0.340. The summed E-state index contributed by atoms with van der Waals surface area (Å²) in [5.74, 6) is 2.20. The molecule has 0 heterocycles. The molecule has 124 valence electrons. The van der Waals surface area contributed by atoms with Gasteiger partial charge in [0, 0.05) is 0 Å². The number of aliphatic hydroxyl groups excluding tert-OH is 1. The van der Waals surface area contributed by atoms with Crippen LogP contribution >= 0.6 is 0 Å². The molecule has 7 atom stereocenters. The lowest BCUT2D eigenvalue weighted by Crippen LogP contribution is -2.53. The average molecular weight is 304 g/mol. The van der Waals surface area contributed by atoms with E-state index in [1.165, 1.54) is 25.7 Å². The maximum Gasteiger partial charge on any atom is 0.0675 e. The Kier molecular flexibility index (Phi) is 3.18. The van der Waals surface area contributed by atoms with E-state index in [-0.39, 0.29) is 11.5 Å². The molecule has 6 unspecified atom stereocenters. The lowest BCUT2D eigenvalue weighted by molar-refractivity contribution is -0.115. The predicted molar refractivity (Wildman–Crippen MR) is 88.3 cm³/mol. The van der Waals surface area contributed by atoms with Gasteiger partial charge < -0.3 is 10.2 Å². The maximum absolute atomic E-state index is 10.9. The normalized spacial score (nSPS) is 57.6. The first-order chi connectivity index (χ1) is 10.3. The molecule has 0 saturated heterocycles. The van der Waals surface area contributed by atoms with Crippen molar-refractivity contribution in [2.75, 3.05) is 0 Å². The molecule has 22 heavy (non-hydrogen) atoms. The third kappa shape index (κ3) is 1.80. The quantitative estimate of drug-likeness (QED) is 0.663. The summed E-state index contributed by atoms with van der Waals surface area (Å²) in [5.41, 5.74) is 1.50. The Morgan fingerprint density at radius 2 is 1.73 bits per heavy atom. The fourth-order valence-corrected chi connectivity index (χ4v) is 6.89. The highest BCUT2D eigenvalue weighted by atomic mass is 16.3. The number of hydrogen-bond acceptors (Lipinski definition) is 2. The summed E-state index contributed by atoms with van der Waals surface area (Å²) in [5, 5.41) is 21.0. The van der Waals surface area contributed by atoms with E-state index in [4.69, 9.17) is 0 Å². The molecule has 0 amide bonds. The van der Waals surface area contributed by atoms with Gasteiger partial charge in [0.1, 0.15) is 0 Å². The first kappa shape index (κ1) is 15.2. The molecular formula is C20H32O2. The van der Waals surface area contributed by atoms with Crippen molar-refractivity contribution in [2.24, 2.45) is 28.6 Å². The van der Waals surface area contributed by atoms with Gasteiger partial charge in [-0.2, -0.15) is 0 Å². The fourth-order valence-electron chi connectivity index (χ4n) is 6.89. The van der Waals surface area contributed by atoms with Crippen molar-refractivity contribution >= 4 is 0 Å². The van der Waals surface area contributed by atoms with Crippen molar-refractivity contribution in [3.8, 4) is 0 Å². The highest BCUT2D eigenvalue weighted by Crippen LogP contribution is 2.66. The van der Waals surface area contributed by atoms with Crippen LogP contribution in [-0.2, 0) is 0 Å². The van der Waals surface area contributed by atoms with Crippen molar-refractivity contribution in [1.82, 2.24) is 0 Å². The van der Waals surface area contributed by atoms with Crippen LogP contribution in [0.3, 0.4) is 0 Å². The number of hydrogen-bond donors (Lipinski definition) is 2. The standard InChI is InChI=1S/C20H32O2/c1-18-9-6-14(21)12-13(18)4-5-15-16(18)7-10-19(2)17(15)8-11-20(19,3)22/h4,14-17,21-22H,5-12H2,1-3H3/t14?,15?,16?,17?,18?,19?,20-/m0/s1. The molecule has 2 nitrogen and oxygen atoms in total. The van der Waals surface area contributed by atoms with Gasteiger partial charge in [0.05, 0.1) is 11.7 Å². The molecule has 0 radical (unpaired) electrons. The maximum atomic E-state index is 10.9. The number of rotatable bonds is 0. The van der Waals surface area contributed by atoms with Gasteiger partial charge >= 0.3 is 0 Å². The van der Waals surface area contributed by atoms with E-state index >= 15 is 0 Å². The molecule has 3 fully saturated rings. The van der Waals surface area contributed by atoms with Crippen LogP contribution in [0.25, 0.3) is 0 Å². The second-order valence-corrected chi connectivity index (χ2v) is 9.42. The molecular weight excluding hydrogens is 272 g/mol. The van der Waals surface area contributed by atoms with E-state index in [0.717, 1.165) is 37.5 Å². The van der Waals surface area contributed by atoms with Gasteiger partial charge in [0.2, 0.25) is 0 Å². The van der Waals surface area contributed by atoms with E-state index in [1.54, 1.807) is 5.57 Å². The van der Waals surface area contributed by atoms with E-state index < -0.39 is 5.60 Å². The Morgan fingerprint density at radius 1 is 1.00 bits per heavy atom. The summed E-state index contributed by atoms with van der Waals surface area (Å²) < 4.78 is 0. The van der Waals surface area contributed by atoms with E-state index in [0.29, 0.717) is 11.3 Å². The second-order valence-electron chi connectivity index (χ2n) is 9.42. The third-order valence-corrected chi connectivity index (χ3v) is 8.64. The van der Waals surface area contributed by atoms with Crippen molar-refractivity contribution in [3.05, 3.63) is 11.6 Å². The van der Waals surface area contributed by atoms with Crippen LogP contribution in [0.4, 0.5) is 0 Å². The Labute approximate surface area is 135 Å². The lowest BCUT2D eigenvalue weighted by Gasteiger charge is -2.58. The van der Waals surface area contributed by atoms with Gasteiger partial charge in [-0.1, -0.05) is 25.5 Å². The van der Waals surface area contributed by atoms with Gasteiger partial charge in [-0.05, 0) is 86.9 Å². The minimum Gasteiger partial charge on any atom is -0.393 e. The summed E-state index contributed by atoms with van der Waals surface area (Å²) >= 11 is 0. The van der Waals surface area contributed by atoms with Crippen LogP contribution in [0.5, 0.6) is 0 Å². The van der Waals surface area contributed by atoms with Crippen LogP contribution in [0.1, 0.15) is 72.1 Å². The van der Waals surface area contributed by atoms with Gasteiger partial charge in [-0.3, -0.25) is 0 Å². The SMILES string of the molecule is CC12CCC(O)CC1=CCC1C2CCC2(C)C1CC[C@]2(C)O. The Bertz CT molecular complexity index is 508. The topological polar surface area (TPSA) is 40.5 Å². The minimum atomic E-state index is -0.476. The number of allylic oxidation sites excluding steroid dienone is 1. The molecule has 4 aliphatic carbocycles. The molecule has 4 aliphatic rings. The lowest BCUT2D eigenvalue weighted by atomic mass is 9.47. The van der Waals surface area contributed by atoms with Crippen LogP contribution < -0.4 is 0 Å². The Morgan fingerprint density at radius 3 is 2.50 bits per heavy atom. The van der Waals surface area contributed by atoms with Crippen LogP contribution in [0.2, 0.25) is 0 Å². The number of fused-ring (bicyclic) bond motifs is 5. The van der Waals surface area contributed by atoms with Crippen molar-refractivity contribution < 1.29 is 10.2 Å². The summed E-state index contributed by atoms with van der Waals surface area (Å²) in [4.78, 5) is 0. The smallest absolute Gasteiger partial charge is 0.0675 e.